The van der Waals surface area contributed by atoms with Crippen molar-refractivity contribution in [3.8, 4) is 11.5 Å². The first kappa shape index (κ1) is 18.7. The molecule has 0 aliphatic rings. The number of esters is 1. The predicted molar refractivity (Wildman–Crippen MR) is 94.2 cm³/mol. The second kappa shape index (κ2) is 9.03. The van der Waals surface area contributed by atoms with E-state index >= 15 is 0 Å². The Morgan fingerprint density at radius 2 is 1.92 bits per heavy atom. The van der Waals surface area contributed by atoms with Crippen molar-refractivity contribution in [3.63, 3.8) is 0 Å². The summed E-state index contributed by atoms with van der Waals surface area (Å²) in [6.07, 6.45) is -0.622. The molecule has 2 aromatic rings. The van der Waals surface area contributed by atoms with E-state index < -0.39 is 6.10 Å². The standard InChI is InChI=1S/C17H20N2O5S/c1-4-23-15(20)9-12-10-25-17(18-12)19-16(21)11(2)24-14-7-5-13(22-3)6-8-14/h5-8,10-11H,4,9H2,1-3H3,(H,18,19,21). The number of benzene rings is 1. The predicted octanol–water partition coefficient (Wildman–Crippen LogP) is 2.66. The number of aromatic nitrogens is 1. The highest BCUT2D eigenvalue weighted by Crippen LogP contribution is 2.20. The minimum absolute atomic E-state index is 0.0815. The zero-order chi connectivity index (χ0) is 18.2. The Morgan fingerprint density at radius 1 is 1.24 bits per heavy atom. The van der Waals surface area contributed by atoms with Gasteiger partial charge in [0.15, 0.2) is 11.2 Å². The monoisotopic (exact) mass is 364 g/mol. The highest BCUT2D eigenvalue weighted by atomic mass is 32.1. The van der Waals surface area contributed by atoms with Crippen molar-refractivity contribution >= 4 is 28.3 Å². The van der Waals surface area contributed by atoms with E-state index in [4.69, 9.17) is 14.2 Å². The van der Waals surface area contributed by atoms with Gasteiger partial charge in [0.1, 0.15) is 11.5 Å². The van der Waals surface area contributed by atoms with E-state index in [0.29, 0.717) is 28.9 Å². The van der Waals surface area contributed by atoms with E-state index in [1.165, 1.54) is 11.3 Å². The van der Waals surface area contributed by atoms with Crippen molar-refractivity contribution in [1.29, 1.82) is 0 Å². The first-order valence-corrected chi connectivity index (χ1v) is 8.61. The zero-order valence-electron chi connectivity index (χ0n) is 14.3. The van der Waals surface area contributed by atoms with Crippen LogP contribution >= 0.6 is 11.3 Å². The van der Waals surface area contributed by atoms with Gasteiger partial charge in [0.2, 0.25) is 0 Å². The molecular formula is C17H20N2O5S. The molecule has 1 unspecified atom stereocenters. The van der Waals surface area contributed by atoms with E-state index in [0.717, 1.165) is 0 Å². The lowest BCUT2D eigenvalue weighted by molar-refractivity contribution is -0.142. The van der Waals surface area contributed by atoms with Crippen molar-refractivity contribution in [3.05, 3.63) is 35.3 Å². The van der Waals surface area contributed by atoms with Gasteiger partial charge in [-0.1, -0.05) is 0 Å². The van der Waals surface area contributed by atoms with Gasteiger partial charge in [-0.05, 0) is 38.1 Å². The van der Waals surface area contributed by atoms with Crippen LogP contribution in [0.5, 0.6) is 11.5 Å². The third kappa shape index (κ3) is 5.75. The molecule has 1 aromatic carbocycles. The molecule has 0 aliphatic heterocycles. The molecule has 0 fully saturated rings. The lowest BCUT2D eigenvalue weighted by atomic mass is 10.3. The first-order chi connectivity index (χ1) is 12.0. The number of hydrogen-bond donors (Lipinski definition) is 1. The van der Waals surface area contributed by atoms with Gasteiger partial charge < -0.3 is 14.2 Å². The Hall–Kier alpha value is -2.61. The Balaban J connectivity index is 1.87. The molecule has 7 nitrogen and oxygen atoms in total. The number of amides is 1. The highest BCUT2D eigenvalue weighted by molar-refractivity contribution is 7.13. The van der Waals surface area contributed by atoms with Crippen LogP contribution in [0.3, 0.4) is 0 Å². The molecule has 1 N–H and O–H groups in total. The van der Waals surface area contributed by atoms with E-state index in [9.17, 15) is 9.59 Å². The van der Waals surface area contributed by atoms with Gasteiger partial charge in [-0.2, -0.15) is 0 Å². The Labute approximate surface area is 149 Å². The van der Waals surface area contributed by atoms with E-state index in [2.05, 4.69) is 10.3 Å². The van der Waals surface area contributed by atoms with Gasteiger partial charge in [0.05, 0.1) is 25.8 Å². The third-order valence-electron chi connectivity index (χ3n) is 3.15. The van der Waals surface area contributed by atoms with Crippen LogP contribution in [0, 0.1) is 0 Å². The van der Waals surface area contributed by atoms with E-state index in [-0.39, 0.29) is 18.3 Å². The summed E-state index contributed by atoms with van der Waals surface area (Å²) in [5, 5.41) is 4.80. The van der Waals surface area contributed by atoms with Crippen molar-refractivity contribution < 1.29 is 23.8 Å². The van der Waals surface area contributed by atoms with Gasteiger partial charge in [-0.15, -0.1) is 11.3 Å². The molecular weight excluding hydrogens is 344 g/mol. The highest BCUT2D eigenvalue weighted by Gasteiger charge is 2.17. The van der Waals surface area contributed by atoms with Crippen molar-refractivity contribution in [1.82, 2.24) is 4.98 Å². The molecule has 0 bridgehead atoms. The number of methoxy groups -OCH3 is 1. The van der Waals surface area contributed by atoms with Crippen molar-refractivity contribution in [2.75, 3.05) is 19.0 Å². The molecule has 0 saturated carbocycles. The molecule has 2 rings (SSSR count). The fraction of sp³-hybridized carbons (Fsp3) is 0.353. The SMILES string of the molecule is CCOC(=O)Cc1csc(NC(=O)C(C)Oc2ccc(OC)cc2)n1. The number of nitrogens with one attached hydrogen (secondary N) is 1. The number of ether oxygens (including phenoxy) is 3. The zero-order valence-corrected chi connectivity index (χ0v) is 15.1. The summed E-state index contributed by atoms with van der Waals surface area (Å²) in [6.45, 7) is 3.72. The second-order valence-electron chi connectivity index (χ2n) is 5.05. The summed E-state index contributed by atoms with van der Waals surface area (Å²) in [6, 6.07) is 6.96. The normalized spacial score (nSPS) is 11.5. The van der Waals surface area contributed by atoms with Crippen molar-refractivity contribution in [2.45, 2.75) is 26.4 Å². The molecule has 25 heavy (non-hydrogen) atoms. The maximum Gasteiger partial charge on any atom is 0.311 e. The van der Waals surface area contributed by atoms with E-state index in [1.807, 2.05) is 0 Å². The van der Waals surface area contributed by atoms with E-state index in [1.54, 1.807) is 50.6 Å². The van der Waals surface area contributed by atoms with Crippen LogP contribution in [0.4, 0.5) is 5.13 Å². The third-order valence-corrected chi connectivity index (χ3v) is 3.96. The quantitative estimate of drug-likeness (QED) is 0.725. The van der Waals surface area contributed by atoms with Gasteiger partial charge >= 0.3 is 5.97 Å². The average molecular weight is 364 g/mol. The van der Waals surface area contributed by atoms with Crippen LogP contribution in [-0.4, -0.2) is 36.7 Å². The van der Waals surface area contributed by atoms with Crippen molar-refractivity contribution in [2.24, 2.45) is 0 Å². The van der Waals surface area contributed by atoms with Crippen LogP contribution in [0.15, 0.2) is 29.6 Å². The maximum atomic E-state index is 12.2. The summed E-state index contributed by atoms with van der Waals surface area (Å²) >= 11 is 1.24. The maximum absolute atomic E-state index is 12.2. The lowest BCUT2D eigenvalue weighted by Gasteiger charge is -2.13. The molecule has 8 heteroatoms. The second-order valence-corrected chi connectivity index (χ2v) is 5.91. The van der Waals surface area contributed by atoms with Crippen LogP contribution < -0.4 is 14.8 Å². The van der Waals surface area contributed by atoms with Gasteiger partial charge in [-0.3, -0.25) is 14.9 Å². The van der Waals surface area contributed by atoms with Gasteiger partial charge in [0.25, 0.3) is 5.91 Å². The molecule has 0 saturated heterocycles. The summed E-state index contributed by atoms with van der Waals surface area (Å²) in [5.74, 6) is 0.599. The fourth-order valence-electron chi connectivity index (χ4n) is 1.92. The van der Waals surface area contributed by atoms with Gasteiger partial charge in [-0.25, -0.2) is 4.98 Å². The number of hydrogen-bond acceptors (Lipinski definition) is 7. The Bertz CT molecular complexity index is 714. The van der Waals surface area contributed by atoms with Crippen LogP contribution in [0.2, 0.25) is 0 Å². The largest absolute Gasteiger partial charge is 0.497 e. The Morgan fingerprint density at radius 3 is 2.56 bits per heavy atom. The van der Waals surface area contributed by atoms with Crippen LogP contribution in [0.25, 0.3) is 0 Å². The average Bonchev–Trinajstić information content (AvgIpc) is 3.02. The number of rotatable bonds is 8. The number of carbonyl (C=O) groups is 2. The summed E-state index contributed by atoms with van der Waals surface area (Å²) in [5.41, 5.74) is 0.558. The number of anilines is 1. The molecule has 0 spiro atoms. The summed E-state index contributed by atoms with van der Waals surface area (Å²) in [7, 11) is 1.58. The number of thiazole rings is 1. The number of nitrogens with zero attached hydrogens (tertiary/aromatic N) is 1. The lowest BCUT2D eigenvalue weighted by Crippen LogP contribution is -2.30. The molecule has 1 aromatic heterocycles. The Kier molecular flexibility index (Phi) is 6.76. The summed E-state index contributed by atoms with van der Waals surface area (Å²) in [4.78, 5) is 27.8. The fourth-order valence-corrected chi connectivity index (χ4v) is 2.64. The van der Waals surface area contributed by atoms with Gasteiger partial charge in [0, 0.05) is 5.38 Å². The first-order valence-electron chi connectivity index (χ1n) is 7.73. The van der Waals surface area contributed by atoms with Crippen LogP contribution in [-0.2, 0) is 20.7 Å². The summed E-state index contributed by atoms with van der Waals surface area (Å²) < 4.78 is 15.5. The minimum atomic E-state index is -0.703. The molecule has 1 atom stereocenters. The topological polar surface area (TPSA) is 86.8 Å². The molecule has 134 valence electrons. The molecule has 1 amide bonds. The minimum Gasteiger partial charge on any atom is -0.497 e. The van der Waals surface area contributed by atoms with Crippen LogP contribution in [0.1, 0.15) is 19.5 Å². The molecule has 0 radical (unpaired) electrons. The number of carbonyl (C=O) groups excluding carboxylic acids is 2. The smallest absolute Gasteiger partial charge is 0.311 e. The molecule has 0 aliphatic carbocycles. The molecule has 1 heterocycles.